The van der Waals surface area contributed by atoms with E-state index in [9.17, 15) is 9.59 Å². The summed E-state index contributed by atoms with van der Waals surface area (Å²) in [5.41, 5.74) is 0. The van der Waals surface area contributed by atoms with Crippen molar-refractivity contribution in [2.45, 2.75) is 12.6 Å². The normalized spacial score (nSPS) is 17.1. The number of para-hydroxylation sites is 1. The molecule has 0 saturated carbocycles. The molecule has 1 atom stereocenters. The zero-order valence-electron chi connectivity index (χ0n) is 14.1. The standard InChI is InChI=1S/C18H20ClN3O3S/c19-14-5-1-2-6-17(14)25-18(24)22-8-7-21-15(12-22)16(23)11-20-10-13-4-3-9-26-13/h1-6,9,15,20-21H,7-8,10-12H2/t15-/m0/s1. The number of ketones is 1. The van der Waals surface area contributed by atoms with Crippen LogP contribution in [-0.2, 0) is 11.3 Å². The van der Waals surface area contributed by atoms with Gasteiger partial charge in [-0.15, -0.1) is 11.3 Å². The van der Waals surface area contributed by atoms with Crippen LogP contribution >= 0.6 is 22.9 Å². The highest BCUT2D eigenvalue weighted by Crippen LogP contribution is 2.23. The number of carbonyl (C=O) groups is 2. The molecule has 1 saturated heterocycles. The molecule has 0 unspecified atom stereocenters. The van der Waals surface area contributed by atoms with Gasteiger partial charge in [-0.3, -0.25) is 4.79 Å². The maximum Gasteiger partial charge on any atom is 0.415 e. The van der Waals surface area contributed by atoms with Crippen LogP contribution in [-0.4, -0.2) is 49.0 Å². The van der Waals surface area contributed by atoms with E-state index in [4.69, 9.17) is 16.3 Å². The molecule has 1 aromatic heterocycles. The van der Waals surface area contributed by atoms with Crippen LogP contribution in [0.5, 0.6) is 5.75 Å². The number of rotatable bonds is 6. The van der Waals surface area contributed by atoms with Gasteiger partial charge < -0.3 is 20.3 Å². The number of carbonyl (C=O) groups excluding carboxylic acids is 2. The molecule has 2 aromatic rings. The first-order valence-electron chi connectivity index (χ1n) is 8.34. The fourth-order valence-electron chi connectivity index (χ4n) is 2.66. The number of thiophene rings is 1. The number of nitrogens with zero attached hydrogens (tertiary/aromatic N) is 1. The van der Waals surface area contributed by atoms with Crippen LogP contribution in [0.2, 0.25) is 5.02 Å². The van der Waals surface area contributed by atoms with Crippen LogP contribution < -0.4 is 15.4 Å². The van der Waals surface area contributed by atoms with Gasteiger partial charge in [0.05, 0.1) is 17.6 Å². The van der Waals surface area contributed by atoms with Crippen molar-refractivity contribution in [2.75, 3.05) is 26.2 Å². The Hall–Kier alpha value is -1.93. The molecule has 0 radical (unpaired) electrons. The van der Waals surface area contributed by atoms with Crippen LogP contribution in [0.15, 0.2) is 41.8 Å². The maximum absolute atomic E-state index is 12.4. The molecule has 1 aliphatic heterocycles. The number of piperazine rings is 1. The average Bonchev–Trinajstić information content (AvgIpc) is 3.17. The summed E-state index contributed by atoms with van der Waals surface area (Å²) in [5, 5.41) is 8.69. The van der Waals surface area contributed by atoms with E-state index >= 15 is 0 Å². The number of hydrogen-bond donors (Lipinski definition) is 2. The third-order valence-corrected chi connectivity index (χ3v) is 5.22. The number of Topliss-reactive ketones (excluding diaryl/α,β-unsaturated/α-hetero) is 1. The molecule has 1 fully saturated rings. The van der Waals surface area contributed by atoms with E-state index in [2.05, 4.69) is 10.6 Å². The highest BCUT2D eigenvalue weighted by atomic mass is 35.5. The summed E-state index contributed by atoms with van der Waals surface area (Å²) in [6, 6.07) is 10.4. The van der Waals surface area contributed by atoms with Crippen LogP contribution in [0.3, 0.4) is 0 Å². The zero-order valence-corrected chi connectivity index (χ0v) is 15.7. The van der Waals surface area contributed by atoms with Gasteiger partial charge in [0.15, 0.2) is 11.5 Å². The quantitative estimate of drug-likeness (QED) is 0.789. The van der Waals surface area contributed by atoms with Gasteiger partial charge in [-0.1, -0.05) is 29.8 Å². The number of hydrogen-bond acceptors (Lipinski definition) is 6. The summed E-state index contributed by atoms with van der Waals surface area (Å²) in [5.74, 6) is 0.343. The lowest BCUT2D eigenvalue weighted by molar-refractivity contribution is -0.121. The smallest absolute Gasteiger partial charge is 0.409 e. The molecule has 6 nitrogen and oxygen atoms in total. The second-order valence-corrected chi connectivity index (χ2v) is 7.34. The van der Waals surface area contributed by atoms with Gasteiger partial charge >= 0.3 is 6.09 Å². The van der Waals surface area contributed by atoms with Gasteiger partial charge in [-0.05, 0) is 23.6 Å². The zero-order chi connectivity index (χ0) is 18.4. The van der Waals surface area contributed by atoms with E-state index in [1.54, 1.807) is 35.6 Å². The monoisotopic (exact) mass is 393 g/mol. The Morgan fingerprint density at radius 2 is 2.15 bits per heavy atom. The first kappa shape index (κ1) is 18.8. The van der Waals surface area contributed by atoms with E-state index in [1.165, 1.54) is 9.78 Å². The highest BCUT2D eigenvalue weighted by Gasteiger charge is 2.28. The Kier molecular flexibility index (Phi) is 6.62. The summed E-state index contributed by atoms with van der Waals surface area (Å²) in [6.45, 7) is 2.22. The molecule has 2 heterocycles. The molecular formula is C18H20ClN3O3S. The molecule has 2 N–H and O–H groups in total. The molecule has 1 aliphatic rings. The molecule has 26 heavy (non-hydrogen) atoms. The predicted molar refractivity (Wildman–Crippen MR) is 102 cm³/mol. The molecular weight excluding hydrogens is 374 g/mol. The molecule has 0 spiro atoms. The second-order valence-electron chi connectivity index (χ2n) is 5.90. The first-order chi connectivity index (χ1) is 12.6. The molecule has 1 amide bonds. The SMILES string of the molecule is O=C(CNCc1cccs1)[C@@H]1CN(C(=O)Oc2ccccc2Cl)CCN1. The number of benzene rings is 1. The Morgan fingerprint density at radius 1 is 1.31 bits per heavy atom. The van der Waals surface area contributed by atoms with E-state index < -0.39 is 12.1 Å². The first-order valence-corrected chi connectivity index (χ1v) is 9.60. The highest BCUT2D eigenvalue weighted by molar-refractivity contribution is 7.09. The molecule has 8 heteroatoms. The van der Waals surface area contributed by atoms with Crippen molar-refractivity contribution in [1.29, 1.82) is 0 Å². The Balaban J connectivity index is 1.49. The number of halogens is 1. The van der Waals surface area contributed by atoms with Crippen LogP contribution in [0, 0.1) is 0 Å². The van der Waals surface area contributed by atoms with Gasteiger partial charge in [-0.25, -0.2) is 4.79 Å². The fourth-order valence-corrected chi connectivity index (χ4v) is 3.51. The maximum atomic E-state index is 12.4. The van der Waals surface area contributed by atoms with E-state index in [-0.39, 0.29) is 18.9 Å². The lowest BCUT2D eigenvalue weighted by Crippen LogP contribution is -2.57. The summed E-state index contributed by atoms with van der Waals surface area (Å²) in [4.78, 5) is 27.4. The van der Waals surface area contributed by atoms with Gasteiger partial charge in [0.25, 0.3) is 0 Å². The lowest BCUT2D eigenvalue weighted by Gasteiger charge is -2.32. The van der Waals surface area contributed by atoms with Crippen molar-refractivity contribution in [2.24, 2.45) is 0 Å². The van der Waals surface area contributed by atoms with Crippen molar-refractivity contribution < 1.29 is 14.3 Å². The predicted octanol–water partition coefficient (Wildman–Crippen LogP) is 2.53. The molecule has 3 rings (SSSR count). The third-order valence-electron chi connectivity index (χ3n) is 4.03. The summed E-state index contributed by atoms with van der Waals surface area (Å²) >= 11 is 7.66. The Morgan fingerprint density at radius 3 is 2.92 bits per heavy atom. The van der Waals surface area contributed by atoms with Crippen LogP contribution in [0.4, 0.5) is 4.79 Å². The molecule has 0 aliphatic carbocycles. The molecule has 1 aromatic carbocycles. The van der Waals surface area contributed by atoms with Gasteiger partial charge in [0, 0.05) is 31.1 Å². The Labute approximate surface area is 161 Å². The van der Waals surface area contributed by atoms with E-state index in [0.29, 0.717) is 30.4 Å². The van der Waals surface area contributed by atoms with Gasteiger partial charge in [0.1, 0.15) is 0 Å². The van der Waals surface area contributed by atoms with E-state index in [0.717, 1.165) is 0 Å². The topological polar surface area (TPSA) is 70.7 Å². The Bertz CT molecular complexity index is 754. The number of amides is 1. The van der Waals surface area contributed by atoms with Crippen molar-refractivity contribution >= 4 is 34.8 Å². The summed E-state index contributed by atoms with van der Waals surface area (Å²) in [6.07, 6.45) is -0.496. The summed E-state index contributed by atoms with van der Waals surface area (Å²) < 4.78 is 5.34. The molecule has 0 bridgehead atoms. The largest absolute Gasteiger partial charge is 0.415 e. The summed E-state index contributed by atoms with van der Waals surface area (Å²) in [7, 11) is 0. The number of ether oxygens (including phenoxy) is 1. The van der Waals surface area contributed by atoms with Crippen molar-refractivity contribution in [3.63, 3.8) is 0 Å². The van der Waals surface area contributed by atoms with E-state index in [1.807, 2.05) is 17.5 Å². The fraction of sp³-hybridized carbons (Fsp3) is 0.333. The van der Waals surface area contributed by atoms with Crippen LogP contribution in [0.1, 0.15) is 4.88 Å². The minimum Gasteiger partial charge on any atom is -0.409 e. The average molecular weight is 394 g/mol. The van der Waals surface area contributed by atoms with Crippen molar-refractivity contribution in [3.8, 4) is 5.75 Å². The lowest BCUT2D eigenvalue weighted by atomic mass is 10.1. The third kappa shape index (κ3) is 5.04. The minimum atomic E-state index is -0.496. The second kappa shape index (κ2) is 9.14. The van der Waals surface area contributed by atoms with Crippen LogP contribution in [0.25, 0.3) is 0 Å². The van der Waals surface area contributed by atoms with Crippen molar-refractivity contribution in [1.82, 2.24) is 15.5 Å². The number of nitrogens with one attached hydrogen (secondary N) is 2. The van der Waals surface area contributed by atoms with Gasteiger partial charge in [0.2, 0.25) is 0 Å². The van der Waals surface area contributed by atoms with Gasteiger partial charge in [-0.2, -0.15) is 0 Å². The minimum absolute atomic E-state index is 0.0248. The molecule has 138 valence electrons. The van der Waals surface area contributed by atoms with Crippen molar-refractivity contribution in [3.05, 3.63) is 51.7 Å².